The molecule has 1 unspecified atom stereocenters. The van der Waals surface area contributed by atoms with E-state index in [0.29, 0.717) is 32.6 Å². The molecule has 11 heteroatoms. The lowest BCUT2D eigenvalue weighted by Crippen LogP contribution is -2.27. The lowest BCUT2D eigenvalue weighted by Gasteiger charge is -2.17. The van der Waals surface area contributed by atoms with Crippen LogP contribution in [0, 0.1) is 24.2 Å². The number of thiophene rings is 2. The number of amides is 1. The van der Waals surface area contributed by atoms with Crippen molar-refractivity contribution in [1.29, 1.82) is 5.26 Å². The summed E-state index contributed by atoms with van der Waals surface area (Å²) in [6.07, 6.45) is 4.04. The molecule has 0 spiro atoms. The topological polar surface area (TPSA) is 123 Å². The van der Waals surface area contributed by atoms with E-state index < -0.39 is 17.4 Å². The first kappa shape index (κ1) is 26.6. The van der Waals surface area contributed by atoms with Gasteiger partial charge in [-0.2, -0.15) is 5.26 Å². The standard InChI is InChI=1S/C28H26N4O5S2/c1-16-8-9-19-20(13-29)25(38-21(19)12-16)31-22(33)14-32-15-30-26-23(27(32)34)17(2)24(39-26)28(35)37-11-10-36-18-6-4-3-5-7-18/h3-7,15-16H,8-12,14H2,1-2H3,(H,31,33). The Morgan fingerprint density at radius 3 is 2.79 bits per heavy atom. The van der Waals surface area contributed by atoms with Crippen molar-refractivity contribution < 1.29 is 19.1 Å². The highest BCUT2D eigenvalue weighted by molar-refractivity contribution is 7.20. The number of para-hydroxylation sites is 1. The first-order chi connectivity index (χ1) is 18.9. The number of hydrogen-bond acceptors (Lipinski definition) is 9. The van der Waals surface area contributed by atoms with E-state index in [9.17, 15) is 19.6 Å². The van der Waals surface area contributed by atoms with Crippen molar-refractivity contribution in [2.75, 3.05) is 18.5 Å². The molecule has 1 atom stereocenters. The second-order valence-electron chi connectivity index (χ2n) is 9.43. The Morgan fingerprint density at radius 2 is 2.03 bits per heavy atom. The van der Waals surface area contributed by atoms with Crippen LogP contribution in [0.3, 0.4) is 0 Å². The molecule has 0 saturated carbocycles. The van der Waals surface area contributed by atoms with E-state index in [1.807, 2.05) is 30.3 Å². The minimum absolute atomic E-state index is 0.0506. The summed E-state index contributed by atoms with van der Waals surface area (Å²) in [4.78, 5) is 44.9. The third kappa shape index (κ3) is 5.57. The molecule has 1 amide bonds. The number of rotatable bonds is 8. The fourth-order valence-corrected chi connectivity index (χ4v) is 7.03. The van der Waals surface area contributed by atoms with Crippen LogP contribution < -0.4 is 15.6 Å². The minimum Gasteiger partial charge on any atom is -0.490 e. The highest BCUT2D eigenvalue weighted by atomic mass is 32.1. The molecule has 0 saturated heterocycles. The molecule has 200 valence electrons. The van der Waals surface area contributed by atoms with Crippen molar-refractivity contribution in [1.82, 2.24) is 9.55 Å². The maximum absolute atomic E-state index is 13.2. The molecule has 0 fully saturated rings. The molecule has 4 aromatic rings. The van der Waals surface area contributed by atoms with Gasteiger partial charge in [0.1, 0.15) is 46.3 Å². The van der Waals surface area contributed by atoms with Crippen molar-refractivity contribution in [2.24, 2.45) is 5.92 Å². The summed E-state index contributed by atoms with van der Waals surface area (Å²) in [7, 11) is 0. The first-order valence-electron chi connectivity index (χ1n) is 12.5. The van der Waals surface area contributed by atoms with Gasteiger partial charge in [-0.25, -0.2) is 9.78 Å². The number of hydrogen-bond donors (Lipinski definition) is 1. The fourth-order valence-electron chi connectivity index (χ4n) is 4.62. The highest BCUT2D eigenvalue weighted by Gasteiger charge is 2.25. The Bertz CT molecular complexity index is 1650. The Hall–Kier alpha value is -4.01. The van der Waals surface area contributed by atoms with Crippen LogP contribution in [0.1, 0.15) is 44.6 Å². The number of benzene rings is 1. The van der Waals surface area contributed by atoms with E-state index in [1.54, 1.807) is 6.92 Å². The Morgan fingerprint density at radius 1 is 1.23 bits per heavy atom. The summed E-state index contributed by atoms with van der Waals surface area (Å²) in [5, 5.41) is 13.3. The minimum atomic E-state index is -0.559. The van der Waals surface area contributed by atoms with Crippen LogP contribution in [-0.2, 0) is 28.9 Å². The second-order valence-corrected chi connectivity index (χ2v) is 11.5. The smallest absolute Gasteiger partial charge is 0.348 e. The van der Waals surface area contributed by atoms with Crippen molar-refractivity contribution >= 4 is 49.8 Å². The van der Waals surface area contributed by atoms with Crippen LogP contribution in [0.25, 0.3) is 10.2 Å². The lowest BCUT2D eigenvalue weighted by atomic mass is 9.89. The average Bonchev–Trinajstić information content (AvgIpc) is 3.45. The maximum Gasteiger partial charge on any atom is 0.348 e. The van der Waals surface area contributed by atoms with Gasteiger partial charge in [0.25, 0.3) is 5.56 Å². The SMILES string of the molecule is Cc1c(C(=O)OCCOc2ccccc2)sc2ncn(CC(=O)Nc3sc4c(c3C#N)CCC(C)C4)c(=O)c12. The number of fused-ring (bicyclic) bond motifs is 2. The summed E-state index contributed by atoms with van der Waals surface area (Å²) >= 11 is 2.51. The number of nitrogens with one attached hydrogen (secondary N) is 1. The maximum atomic E-state index is 13.2. The number of nitriles is 1. The number of carbonyl (C=O) groups excluding carboxylic acids is 2. The first-order valence-corrected chi connectivity index (χ1v) is 14.2. The van der Waals surface area contributed by atoms with Crippen molar-refractivity contribution in [2.45, 2.75) is 39.7 Å². The van der Waals surface area contributed by atoms with Crippen molar-refractivity contribution in [3.63, 3.8) is 0 Å². The quantitative estimate of drug-likeness (QED) is 0.244. The Labute approximate surface area is 232 Å². The van der Waals surface area contributed by atoms with E-state index in [-0.39, 0.29) is 30.0 Å². The molecule has 0 bridgehead atoms. The number of aromatic nitrogens is 2. The van der Waals surface area contributed by atoms with Gasteiger partial charge in [-0.3, -0.25) is 14.2 Å². The van der Waals surface area contributed by atoms with E-state index in [0.717, 1.165) is 41.0 Å². The summed E-state index contributed by atoms with van der Waals surface area (Å²) < 4.78 is 12.1. The van der Waals surface area contributed by atoms with Gasteiger partial charge in [0.2, 0.25) is 5.91 Å². The molecule has 0 aliphatic heterocycles. The number of carbonyl (C=O) groups is 2. The van der Waals surface area contributed by atoms with Gasteiger partial charge in [0.15, 0.2) is 0 Å². The largest absolute Gasteiger partial charge is 0.490 e. The normalized spacial score (nSPS) is 14.4. The van der Waals surface area contributed by atoms with Crippen molar-refractivity contribution in [3.05, 3.63) is 73.5 Å². The van der Waals surface area contributed by atoms with Gasteiger partial charge in [-0.1, -0.05) is 25.1 Å². The van der Waals surface area contributed by atoms with Gasteiger partial charge in [0, 0.05) is 4.88 Å². The zero-order chi connectivity index (χ0) is 27.5. The van der Waals surface area contributed by atoms with Gasteiger partial charge >= 0.3 is 5.97 Å². The van der Waals surface area contributed by atoms with Crippen molar-refractivity contribution in [3.8, 4) is 11.8 Å². The van der Waals surface area contributed by atoms with E-state index >= 15 is 0 Å². The van der Waals surface area contributed by atoms with E-state index in [2.05, 4.69) is 23.3 Å². The molecular formula is C28H26N4O5S2. The molecular weight excluding hydrogens is 536 g/mol. The number of nitrogens with zero attached hydrogens (tertiary/aromatic N) is 3. The van der Waals surface area contributed by atoms with Crippen LogP contribution in [0.15, 0.2) is 41.5 Å². The molecule has 39 heavy (non-hydrogen) atoms. The molecule has 3 aromatic heterocycles. The summed E-state index contributed by atoms with van der Waals surface area (Å²) in [5.74, 6) is 0.238. The molecule has 1 aliphatic rings. The van der Waals surface area contributed by atoms with E-state index in [4.69, 9.17) is 9.47 Å². The monoisotopic (exact) mass is 562 g/mol. The Balaban J connectivity index is 1.27. The summed E-state index contributed by atoms with van der Waals surface area (Å²) in [6.45, 7) is 3.83. The van der Waals surface area contributed by atoms with Gasteiger partial charge < -0.3 is 14.8 Å². The predicted molar refractivity (Wildman–Crippen MR) is 150 cm³/mol. The van der Waals surface area contributed by atoms with E-state index in [1.165, 1.54) is 22.2 Å². The number of anilines is 1. The van der Waals surface area contributed by atoms with Crippen LogP contribution >= 0.6 is 22.7 Å². The van der Waals surface area contributed by atoms with Gasteiger partial charge in [-0.15, -0.1) is 22.7 Å². The zero-order valence-electron chi connectivity index (χ0n) is 21.5. The molecule has 1 aliphatic carbocycles. The number of esters is 1. The molecule has 3 heterocycles. The third-order valence-corrected chi connectivity index (χ3v) is 8.97. The van der Waals surface area contributed by atoms with Gasteiger partial charge in [-0.05, 0) is 55.4 Å². The second kappa shape index (κ2) is 11.4. The lowest BCUT2D eigenvalue weighted by molar-refractivity contribution is -0.116. The molecule has 0 radical (unpaired) electrons. The number of ether oxygens (including phenoxy) is 2. The fraction of sp³-hybridized carbons (Fsp3) is 0.321. The Kier molecular flexibility index (Phi) is 7.77. The number of aryl methyl sites for hydroxylation is 1. The zero-order valence-corrected chi connectivity index (χ0v) is 23.1. The summed E-state index contributed by atoms with van der Waals surface area (Å²) in [6, 6.07) is 11.4. The van der Waals surface area contributed by atoms with Crippen LogP contribution in [0.2, 0.25) is 0 Å². The summed E-state index contributed by atoms with van der Waals surface area (Å²) in [5.41, 5.74) is 1.58. The highest BCUT2D eigenvalue weighted by Crippen LogP contribution is 2.39. The molecule has 1 aromatic carbocycles. The van der Waals surface area contributed by atoms with Crippen LogP contribution in [0.4, 0.5) is 5.00 Å². The molecule has 5 rings (SSSR count). The third-order valence-electron chi connectivity index (χ3n) is 6.62. The average molecular weight is 563 g/mol. The van der Waals surface area contributed by atoms with Crippen LogP contribution in [0.5, 0.6) is 5.75 Å². The molecule has 9 nitrogen and oxygen atoms in total. The van der Waals surface area contributed by atoms with Gasteiger partial charge in [0.05, 0.1) is 17.3 Å². The van der Waals surface area contributed by atoms with Crippen LogP contribution in [-0.4, -0.2) is 34.6 Å². The molecule has 1 N–H and O–H groups in total. The predicted octanol–water partition coefficient (Wildman–Crippen LogP) is 4.70.